The second-order valence-corrected chi connectivity index (χ2v) is 5.11. The number of hydrogen-bond acceptors (Lipinski definition) is 1. The van der Waals surface area contributed by atoms with Crippen LogP contribution in [0, 0.1) is 0 Å². The van der Waals surface area contributed by atoms with Crippen LogP contribution in [-0.2, 0) is 11.8 Å². The average molecular weight is 375 g/mol. The van der Waals surface area contributed by atoms with Gasteiger partial charge in [0.25, 0.3) is 0 Å². The number of hydrogen-bond donors (Lipinski definition) is 2. The molecule has 1 aromatic carbocycles. The Hall–Kier alpha value is -0.780. The lowest BCUT2D eigenvalue weighted by Gasteiger charge is -2.26. The topological polar surface area (TPSA) is 36.4 Å². The number of guanidine groups is 1. The van der Waals surface area contributed by atoms with E-state index in [1.165, 1.54) is 11.1 Å². The Kier molecular flexibility index (Phi) is 8.06. The molecule has 0 bridgehead atoms. The molecule has 0 aliphatic carbocycles. The molecular weight excluding hydrogens is 349 g/mol. The highest BCUT2D eigenvalue weighted by Crippen LogP contribution is 2.22. The zero-order valence-electron chi connectivity index (χ0n) is 12.6. The normalized spacial score (nSPS) is 11.7. The first kappa shape index (κ1) is 18.2. The molecule has 4 heteroatoms. The van der Waals surface area contributed by atoms with Crippen LogP contribution < -0.4 is 10.6 Å². The van der Waals surface area contributed by atoms with E-state index in [1.54, 1.807) is 7.05 Å². The number of benzene rings is 1. The molecule has 2 N–H and O–H groups in total. The van der Waals surface area contributed by atoms with Crippen LogP contribution in [0.25, 0.3) is 0 Å². The molecule has 1 aromatic rings. The average Bonchev–Trinajstić information content (AvgIpc) is 2.40. The number of nitrogens with zero attached hydrogens (tertiary/aromatic N) is 1. The van der Waals surface area contributed by atoms with Crippen molar-refractivity contribution in [2.75, 3.05) is 20.6 Å². The van der Waals surface area contributed by atoms with Crippen molar-refractivity contribution in [2.45, 2.75) is 32.6 Å². The molecule has 3 nitrogen and oxygen atoms in total. The first-order valence-electron chi connectivity index (χ1n) is 6.51. The summed E-state index contributed by atoms with van der Waals surface area (Å²) in [5.41, 5.74) is 2.81. The fourth-order valence-corrected chi connectivity index (χ4v) is 1.88. The lowest BCUT2D eigenvalue weighted by Crippen LogP contribution is -2.42. The van der Waals surface area contributed by atoms with Crippen molar-refractivity contribution in [3.05, 3.63) is 35.4 Å². The molecular formula is C15H26IN3. The molecule has 0 amide bonds. The lowest BCUT2D eigenvalue weighted by atomic mass is 9.84. The fourth-order valence-electron chi connectivity index (χ4n) is 1.88. The van der Waals surface area contributed by atoms with E-state index < -0.39 is 0 Å². The predicted octanol–water partition coefficient (Wildman–Crippen LogP) is 2.94. The smallest absolute Gasteiger partial charge is 0.190 e. The predicted molar refractivity (Wildman–Crippen MR) is 94.7 cm³/mol. The summed E-state index contributed by atoms with van der Waals surface area (Å²) in [6, 6.07) is 8.87. The first-order chi connectivity index (χ1) is 8.53. The summed E-state index contributed by atoms with van der Waals surface area (Å²) in [6.45, 7) is 7.51. The van der Waals surface area contributed by atoms with Gasteiger partial charge in [-0.05, 0) is 17.5 Å². The molecule has 0 heterocycles. The van der Waals surface area contributed by atoms with Gasteiger partial charge in [0.2, 0.25) is 0 Å². The Balaban J connectivity index is 0.00000324. The molecule has 0 aromatic heterocycles. The number of aliphatic imine (C=N–C) groups is 1. The van der Waals surface area contributed by atoms with Gasteiger partial charge in [0.05, 0.1) is 0 Å². The van der Waals surface area contributed by atoms with E-state index >= 15 is 0 Å². The SMILES string of the molecule is CCc1ccc(C(C)(C)CNC(=NC)NC)cc1.I. The van der Waals surface area contributed by atoms with Gasteiger partial charge in [0, 0.05) is 26.1 Å². The van der Waals surface area contributed by atoms with E-state index in [0.717, 1.165) is 18.9 Å². The van der Waals surface area contributed by atoms with Gasteiger partial charge in [0.15, 0.2) is 5.96 Å². The minimum atomic E-state index is 0. The third kappa shape index (κ3) is 5.38. The van der Waals surface area contributed by atoms with Gasteiger partial charge < -0.3 is 10.6 Å². The van der Waals surface area contributed by atoms with Crippen molar-refractivity contribution in [2.24, 2.45) is 4.99 Å². The van der Waals surface area contributed by atoms with Crippen molar-refractivity contribution in [1.82, 2.24) is 10.6 Å². The maximum absolute atomic E-state index is 4.13. The Morgan fingerprint density at radius 3 is 2.21 bits per heavy atom. The Morgan fingerprint density at radius 2 is 1.79 bits per heavy atom. The van der Waals surface area contributed by atoms with Crippen LogP contribution in [0.15, 0.2) is 29.3 Å². The molecule has 0 saturated carbocycles. The van der Waals surface area contributed by atoms with Crippen LogP contribution in [0.1, 0.15) is 31.9 Å². The summed E-state index contributed by atoms with van der Waals surface area (Å²) < 4.78 is 0. The Labute approximate surface area is 134 Å². The van der Waals surface area contributed by atoms with Gasteiger partial charge >= 0.3 is 0 Å². The summed E-state index contributed by atoms with van der Waals surface area (Å²) in [4.78, 5) is 4.13. The maximum Gasteiger partial charge on any atom is 0.190 e. The monoisotopic (exact) mass is 375 g/mol. The van der Waals surface area contributed by atoms with Gasteiger partial charge in [-0.2, -0.15) is 0 Å². The Morgan fingerprint density at radius 1 is 1.21 bits per heavy atom. The number of nitrogens with one attached hydrogen (secondary N) is 2. The highest BCUT2D eigenvalue weighted by Gasteiger charge is 2.20. The largest absolute Gasteiger partial charge is 0.359 e. The second kappa shape index (κ2) is 8.40. The van der Waals surface area contributed by atoms with Crippen molar-refractivity contribution < 1.29 is 0 Å². The molecule has 0 aliphatic heterocycles. The summed E-state index contributed by atoms with van der Waals surface area (Å²) in [7, 11) is 3.65. The van der Waals surface area contributed by atoms with Crippen LogP contribution in [0.2, 0.25) is 0 Å². The lowest BCUT2D eigenvalue weighted by molar-refractivity contribution is 0.510. The van der Waals surface area contributed by atoms with Crippen LogP contribution in [0.5, 0.6) is 0 Å². The molecule has 0 atom stereocenters. The van der Waals surface area contributed by atoms with Crippen LogP contribution in [-0.4, -0.2) is 26.6 Å². The zero-order valence-corrected chi connectivity index (χ0v) is 14.9. The first-order valence-corrected chi connectivity index (χ1v) is 6.51. The maximum atomic E-state index is 4.13. The van der Waals surface area contributed by atoms with E-state index in [9.17, 15) is 0 Å². The summed E-state index contributed by atoms with van der Waals surface area (Å²) in [6.07, 6.45) is 1.09. The van der Waals surface area contributed by atoms with Crippen molar-refractivity contribution in [3.63, 3.8) is 0 Å². The zero-order chi connectivity index (χ0) is 13.6. The van der Waals surface area contributed by atoms with Gasteiger partial charge in [0.1, 0.15) is 0 Å². The second-order valence-electron chi connectivity index (χ2n) is 5.11. The molecule has 0 radical (unpaired) electrons. The van der Waals surface area contributed by atoms with Crippen LogP contribution in [0.4, 0.5) is 0 Å². The number of aryl methyl sites for hydroxylation is 1. The highest BCUT2D eigenvalue weighted by atomic mass is 127. The summed E-state index contributed by atoms with van der Waals surface area (Å²) in [5, 5.41) is 6.36. The quantitative estimate of drug-likeness (QED) is 0.482. The van der Waals surface area contributed by atoms with Gasteiger partial charge in [-0.1, -0.05) is 45.0 Å². The summed E-state index contributed by atoms with van der Waals surface area (Å²) in [5.74, 6) is 0.827. The molecule has 0 aliphatic rings. The molecule has 0 unspecified atom stereocenters. The van der Waals surface area contributed by atoms with E-state index in [0.29, 0.717) is 0 Å². The van der Waals surface area contributed by atoms with E-state index in [2.05, 4.69) is 60.7 Å². The molecule has 0 spiro atoms. The molecule has 1 rings (SSSR count). The minimum Gasteiger partial charge on any atom is -0.359 e. The highest BCUT2D eigenvalue weighted by molar-refractivity contribution is 14.0. The fraction of sp³-hybridized carbons (Fsp3) is 0.533. The number of halogens is 1. The third-order valence-corrected chi connectivity index (χ3v) is 3.30. The van der Waals surface area contributed by atoms with E-state index in [1.807, 2.05) is 7.05 Å². The van der Waals surface area contributed by atoms with Crippen molar-refractivity contribution >= 4 is 29.9 Å². The third-order valence-electron chi connectivity index (χ3n) is 3.30. The van der Waals surface area contributed by atoms with E-state index in [-0.39, 0.29) is 29.4 Å². The van der Waals surface area contributed by atoms with E-state index in [4.69, 9.17) is 0 Å². The van der Waals surface area contributed by atoms with Gasteiger partial charge in [-0.3, -0.25) is 4.99 Å². The van der Waals surface area contributed by atoms with Crippen LogP contribution in [0.3, 0.4) is 0 Å². The van der Waals surface area contributed by atoms with Crippen molar-refractivity contribution in [3.8, 4) is 0 Å². The van der Waals surface area contributed by atoms with Gasteiger partial charge in [-0.15, -0.1) is 24.0 Å². The minimum absolute atomic E-state index is 0. The molecule has 108 valence electrons. The Bertz CT molecular complexity index is 396. The molecule has 19 heavy (non-hydrogen) atoms. The number of rotatable bonds is 4. The molecule has 0 saturated heterocycles. The summed E-state index contributed by atoms with van der Waals surface area (Å²) >= 11 is 0. The van der Waals surface area contributed by atoms with Gasteiger partial charge in [-0.25, -0.2) is 0 Å². The van der Waals surface area contributed by atoms with Crippen LogP contribution >= 0.6 is 24.0 Å². The van der Waals surface area contributed by atoms with Crippen molar-refractivity contribution in [1.29, 1.82) is 0 Å². The standard InChI is InChI=1S/C15H25N3.HI/c1-6-12-7-9-13(10-8-12)15(2,3)11-18-14(16-4)17-5;/h7-10H,6,11H2,1-5H3,(H2,16,17,18);1H. The molecule has 0 fully saturated rings.